The second-order valence-electron chi connectivity index (χ2n) is 4.89. The molecule has 2 aromatic carbocycles. The second-order valence-corrected chi connectivity index (χ2v) is 4.89. The van der Waals surface area contributed by atoms with Crippen LogP contribution in [0.4, 0.5) is 5.69 Å². The van der Waals surface area contributed by atoms with Gasteiger partial charge in [0.15, 0.2) is 0 Å². The van der Waals surface area contributed by atoms with E-state index in [1.54, 1.807) is 7.11 Å². The smallest absolute Gasteiger partial charge is 0.258 e. The van der Waals surface area contributed by atoms with Crippen LogP contribution in [0.25, 0.3) is 0 Å². The van der Waals surface area contributed by atoms with Crippen molar-refractivity contribution in [3.63, 3.8) is 0 Å². The summed E-state index contributed by atoms with van der Waals surface area (Å²) in [6.45, 7) is 0.684. The summed E-state index contributed by atoms with van der Waals surface area (Å²) in [5.74, 6) is 0.0487. The lowest BCUT2D eigenvalue weighted by atomic mass is 9.98. The minimum atomic E-state index is 0.0487. The van der Waals surface area contributed by atoms with E-state index < -0.39 is 0 Å². The first-order chi connectivity index (χ1) is 9.81. The zero-order chi connectivity index (χ0) is 13.9. The summed E-state index contributed by atoms with van der Waals surface area (Å²) in [5, 5.41) is 0. The summed E-state index contributed by atoms with van der Waals surface area (Å²) >= 11 is 0. The highest BCUT2D eigenvalue weighted by molar-refractivity contribution is 6.06. The number of hydrogen-bond acceptors (Lipinski definition) is 2. The second kappa shape index (κ2) is 5.47. The topological polar surface area (TPSA) is 29.5 Å². The van der Waals surface area contributed by atoms with Gasteiger partial charge in [0.05, 0.1) is 6.10 Å². The molecule has 0 aliphatic carbocycles. The monoisotopic (exact) mass is 267 g/mol. The molecule has 2 aromatic rings. The lowest BCUT2D eigenvalue weighted by Gasteiger charge is -2.33. The lowest BCUT2D eigenvalue weighted by molar-refractivity contribution is 0.0868. The Morgan fingerprint density at radius 2 is 1.80 bits per heavy atom. The molecule has 20 heavy (non-hydrogen) atoms. The molecule has 3 nitrogen and oxygen atoms in total. The maximum absolute atomic E-state index is 12.6. The van der Waals surface area contributed by atoms with Crippen LogP contribution < -0.4 is 4.90 Å². The number of rotatable bonds is 2. The first-order valence-corrected chi connectivity index (χ1v) is 6.80. The summed E-state index contributed by atoms with van der Waals surface area (Å²) in [7, 11) is 1.72. The molecule has 0 aromatic heterocycles. The number of carbonyl (C=O) groups is 1. The summed E-state index contributed by atoms with van der Waals surface area (Å²) in [6, 6.07) is 17.4. The van der Waals surface area contributed by atoms with Gasteiger partial charge in [-0.15, -0.1) is 0 Å². The molecule has 102 valence electrons. The van der Waals surface area contributed by atoms with E-state index in [1.807, 2.05) is 59.5 Å². The summed E-state index contributed by atoms with van der Waals surface area (Å²) in [6.07, 6.45) is 0.901. The molecule has 1 heterocycles. The number of fused-ring (bicyclic) bond motifs is 1. The number of nitrogens with zero attached hydrogens (tertiary/aromatic N) is 1. The third kappa shape index (κ3) is 2.21. The zero-order valence-corrected chi connectivity index (χ0v) is 11.5. The quantitative estimate of drug-likeness (QED) is 0.834. The van der Waals surface area contributed by atoms with Gasteiger partial charge in [-0.1, -0.05) is 36.4 Å². The Bertz CT molecular complexity index is 609. The molecule has 1 unspecified atom stereocenters. The Morgan fingerprint density at radius 3 is 2.55 bits per heavy atom. The van der Waals surface area contributed by atoms with Crippen molar-refractivity contribution in [2.45, 2.75) is 12.5 Å². The number of carbonyl (C=O) groups excluding carboxylic acids is 1. The Balaban J connectivity index is 1.98. The molecule has 0 saturated carbocycles. The van der Waals surface area contributed by atoms with E-state index in [0.717, 1.165) is 23.2 Å². The van der Waals surface area contributed by atoms with Crippen LogP contribution in [0.3, 0.4) is 0 Å². The summed E-state index contributed by atoms with van der Waals surface area (Å²) in [5.41, 5.74) is 2.77. The van der Waals surface area contributed by atoms with E-state index in [-0.39, 0.29) is 12.0 Å². The Kier molecular flexibility index (Phi) is 3.52. The molecular weight excluding hydrogens is 250 g/mol. The van der Waals surface area contributed by atoms with Crippen LogP contribution in [0.15, 0.2) is 54.6 Å². The molecular formula is C17H17NO2. The maximum atomic E-state index is 12.6. The van der Waals surface area contributed by atoms with E-state index in [2.05, 4.69) is 0 Å². The van der Waals surface area contributed by atoms with Gasteiger partial charge in [-0.3, -0.25) is 4.79 Å². The normalized spacial score (nSPS) is 17.6. The van der Waals surface area contributed by atoms with Gasteiger partial charge in [-0.25, -0.2) is 0 Å². The molecule has 1 aliphatic heterocycles. The van der Waals surface area contributed by atoms with Gasteiger partial charge in [-0.2, -0.15) is 0 Å². The van der Waals surface area contributed by atoms with Gasteiger partial charge in [0.2, 0.25) is 0 Å². The molecule has 0 N–H and O–H groups in total. The van der Waals surface area contributed by atoms with E-state index in [0.29, 0.717) is 6.54 Å². The van der Waals surface area contributed by atoms with Crippen LogP contribution in [0.2, 0.25) is 0 Å². The molecule has 1 aliphatic rings. The average molecular weight is 267 g/mol. The van der Waals surface area contributed by atoms with Gasteiger partial charge in [0.1, 0.15) is 0 Å². The third-order valence-electron chi connectivity index (χ3n) is 3.74. The van der Waals surface area contributed by atoms with Gasteiger partial charge >= 0.3 is 0 Å². The largest absolute Gasteiger partial charge is 0.377 e. The first-order valence-electron chi connectivity index (χ1n) is 6.80. The van der Waals surface area contributed by atoms with Crippen LogP contribution in [-0.2, 0) is 4.74 Å². The SMILES string of the molecule is COC1CCN(C(=O)c2ccccc2)c2ccccc21. The van der Waals surface area contributed by atoms with E-state index in [1.165, 1.54) is 0 Å². The van der Waals surface area contributed by atoms with E-state index >= 15 is 0 Å². The molecule has 0 fully saturated rings. The highest BCUT2D eigenvalue weighted by Crippen LogP contribution is 2.36. The van der Waals surface area contributed by atoms with Crippen LogP contribution >= 0.6 is 0 Å². The van der Waals surface area contributed by atoms with Crippen molar-refractivity contribution in [2.75, 3.05) is 18.6 Å². The van der Waals surface area contributed by atoms with Crippen molar-refractivity contribution in [1.29, 1.82) is 0 Å². The lowest BCUT2D eigenvalue weighted by Crippen LogP contribution is -2.37. The molecule has 0 saturated heterocycles. The van der Waals surface area contributed by atoms with Crippen molar-refractivity contribution < 1.29 is 9.53 Å². The molecule has 0 radical (unpaired) electrons. The predicted molar refractivity (Wildman–Crippen MR) is 78.9 cm³/mol. The fourth-order valence-corrected chi connectivity index (χ4v) is 2.72. The highest BCUT2D eigenvalue weighted by atomic mass is 16.5. The van der Waals surface area contributed by atoms with Crippen LogP contribution in [-0.4, -0.2) is 19.6 Å². The van der Waals surface area contributed by atoms with Crippen LogP contribution in [0, 0.1) is 0 Å². The fraction of sp³-hybridized carbons (Fsp3) is 0.235. The first kappa shape index (κ1) is 12.9. The van der Waals surface area contributed by atoms with Gasteiger partial charge in [0.25, 0.3) is 5.91 Å². The van der Waals surface area contributed by atoms with Gasteiger partial charge in [0, 0.05) is 30.5 Å². The zero-order valence-electron chi connectivity index (χ0n) is 11.5. The maximum Gasteiger partial charge on any atom is 0.258 e. The summed E-state index contributed by atoms with van der Waals surface area (Å²) in [4.78, 5) is 14.5. The van der Waals surface area contributed by atoms with Crippen molar-refractivity contribution >= 4 is 11.6 Å². The average Bonchev–Trinajstić information content (AvgIpc) is 2.54. The molecule has 0 bridgehead atoms. The van der Waals surface area contributed by atoms with E-state index in [4.69, 9.17) is 4.74 Å². The van der Waals surface area contributed by atoms with Crippen molar-refractivity contribution in [1.82, 2.24) is 0 Å². The minimum absolute atomic E-state index is 0.0487. The van der Waals surface area contributed by atoms with Crippen LogP contribution in [0.5, 0.6) is 0 Å². The molecule has 0 spiro atoms. The minimum Gasteiger partial charge on any atom is -0.377 e. The van der Waals surface area contributed by atoms with Gasteiger partial charge < -0.3 is 9.64 Å². The number of methoxy groups -OCH3 is 1. The van der Waals surface area contributed by atoms with Crippen molar-refractivity contribution in [3.05, 3.63) is 65.7 Å². The van der Waals surface area contributed by atoms with E-state index in [9.17, 15) is 4.79 Å². The number of para-hydroxylation sites is 1. The van der Waals surface area contributed by atoms with Crippen molar-refractivity contribution in [2.24, 2.45) is 0 Å². The Morgan fingerprint density at radius 1 is 1.10 bits per heavy atom. The molecule has 3 rings (SSSR count). The number of anilines is 1. The highest BCUT2D eigenvalue weighted by Gasteiger charge is 2.28. The number of benzene rings is 2. The fourth-order valence-electron chi connectivity index (χ4n) is 2.72. The number of ether oxygens (including phenoxy) is 1. The molecule has 3 heteroatoms. The molecule has 1 atom stereocenters. The van der Waals surface area contributed by atoms with Crippen molar-refractivity contribution in [3.8, 4) is 0 Å². The Hall–Kier alpha value is -2.13. The summed E-state index contributed by atoms with van der Waals surface area (Å²) < 4.78 is 5.51. The molecule has 1 amide bonds. The Labute approximate surface area is 118 Å². The number of hydrogen-bond donors (Lipinski definition) is 0. The predicted octanol–water partition coefficient (Wildman–Crippen LogP) is 3.42. The third-order valence-corrected chi connectivity index (χ3v) is 3.74. The number of amides is 1. The standard InChI is InChI=1S/C17H17NO2/c1-20-16-11-12-18(15-10-6-5-9-14(15)16)17(19)13-7-3-2-4-8-13/h2-10,16H,11-12H2,1H3. The van der Waals surface area contributed by atoms with Gasteiger partial charge in [-0.05, 0) is 24.6 Å². The van der Waals surface area contributed by atoms with Crippen LogP contribution in [0.1, 0.15) is 28.4 Å².